The minimum atomic E-state index is -4.35. The number of anilines is 2. The number of nitro benzene ring substituents is 1. The van der Waals surface area contributed by atoms with Crippen molar-refractivity contribution in [1.29, 1.82) is 0 Å². The fraction of sp³-hybridized carbons (Fsp3) is 0.486. The molecule has 3 aliphatic heterocycles. The van der Waals surface area contributed by atoms with Gasteiger partial charge in [0.1, 0.15) is 5.69 Å². The lowest BCUT2D eigenvalue weighted by Gasteiger charge is -2.56. The molecule has 7 rings (SSSR count). The summed E-state index contributed by atoms with van der Waals surface area (Å²) in [5, 5.41) is 14.9. The van der Waals surface area contributed by atoms with Crippen LogP contribution in [0.5, 0.6) is 0 Å². The van der Waals surface area contributed by atoms with Crippen molar-refractivity contribution in [2.45, 2.75) is 68.3 Å². The maximum absolute atomic E-state index is 13.1. The lowest BCUT2D eigenvalue weighted by molar-refractivity contribution is -0.384. The van der Waals surface area contributed by atoms with Crippen LogP contribution in [0.3, 0.4) is 0 Å². The highest BCUT2D eigenvalue weighted by molar-refractivity contribution is 7.90. The molecule has 268 valence electrons. The van der Waals surface area contributed by atoms with Gasteiger partial charge in [-0.1, -0.05) is 30.3 Å². The second kappa shape index (κ2) is 15.3. The molecule has 4 aliphatic rings. The van der Waals surface area contributed by atoms with E-state index < -0.39 is 20.9 Å². The van der Waals surface area contributed by atoms with E-state index in [-0.39, 0.29) is 34.2 Å². The van der Waals surface area contributed by atoms with Crippen LogP contribution in [0, 0.1) is 21.4 Å². The first kappa shape index (κ1) is 36.1. The largest absolute Gasteiger partial charge is 0.381 e. The Morgan fingerprint density at radius 3 is 2.32 bits per heavy atom. The molecule has 1 saturated carbocycles. The molecule has 1 atom stereocenters. The Bertz CT molecular complexity index is 1750. The maximum Gasteiger partial charge on any atom is 0.293 e. The molecule has 13 heteroatoms. The number of amides is 1. The molecule has 0 aromatic heterocycles. The number of piperidine rings is 1. The normalized spacial score (nSPS) is 21.3. The van der Waals surface area contributed by atoms with Crippen LogP contribution in [0.1, 0.15) is 73.3 Å². The zero-order chi connectivity index (χ0) is 34.0. The molecule has 3 aromatic rings. The van der Waals surface area contributed by atoms with Crippen molar-refractivity contribution in [3.63, 3.8) is 0 Å². The van der Waals surface area contributed by atoms with E-state index in [1.54, 1.807) is 12.1 Å². The first-order valence-corrected chi connectivity index (χ1v) is 19.0. The highest BCUT2D eigenvalue weighted by Gasteiger charge is 2.49. The van der Waals surface area contributed by atoms with E-state index >= 15 is 0 Å². The molecule has 1 spiro atoms. The Labute approximate surface area is 300 Å². The zero-order valence-electron chi connectivity index (χ0n) is 28.2. The third kappa shape index (κ3) is 7.78. The summed E-state index contributed by atoms with van der Waals surface area (Å²) < 4.78 is 33.7. The van der Waals surface area contributed by atoms with Crippen molar-refractivity contribution in [2.75, 3.05) is 49.6 Å². The summed E-state index contributed by atoms with van der Waals surface area (Å²) in [6.07, 6.45) is 9.02. The molecule has 0 radical (unpaired) electrons. The number of hydrogen-bond acceptors (Lipinski definition) is 9. The Balaban J connectivity index is 0.00000432. The molecule has 4 fully saturated rings. The highest BCUT2D eigenvalue weighted by Crippen LogP contribution is 2.53. The van der Waals surface area contributed by atoms with Gasteiger partial charge >= 0.3 is 0 Å². The van der Waals surface area contributed by atoms with Crippen LogP contribution in [0.4, 0.5) is 17.1 Å². The molecule has 0 bridgehead atoms. The molecular formula is C37H46ClN5O6S. The standard InChI is InChI=1S/C37H45N5O6S.ClH/c43-36(39-49(46,47)32-12-13-33(35(23-32)42(44)45)38-26-27-14-21-48-22-15-27)29-8-10-30(11-9-29)40-19-16-37(17-20-40)24-31(25-37)41-18-4-7-34(41)28-5-2-1-3-6-28;/h1-3,5-6,8-13,23,27,31,34,38H,4,7,14-22,24-26H2,(H,39,43);1H/t34-;/m0./s1. The Hall–Kier alpha value is -3.71. The number of likely N-dealkylation sites (tertiary alicyclic amines) is 1. The minimum Gasteiger partial charge on any atom is -0.381 e. The van der Waals surface area contributed by atoms with Crippen LogP contribution in [-0.2, 0) is 14.8 Å². The molecule has 0 unspecified atom stereocenters. The molecule has 2 N–H and O–H groups in total. The summed E-state index contributed by atoms with van der Waals surface area (Å²) in [7, 11) is -4.35. The van der Waals surface area contributed by atoms with Crippen molar-refractivity contribution < 1.29 is 22.9 Å². The van der Waals surface area contributed by atoms with Gasteiger partial charge in [-0.25, -0.2) is 13.1 Å². The van der Waals surface area contributed by atoms with Gasteiger partial charge in [-0.05, 0) is 111 Å². The number of rotatable bonds is 10. The van der Waals surface area contributed by atoms with Crippen molar-refractivity contribution in [2.24, 2.45) is 11.3 Å². The highest BCUT2D eigenvalue weighted by atomic mass is 35.5. The van der Waals surface area contributed by atoms with E-state index in [1.807, 2.05) is 12.1 Å². The molecule has 3 aromatic carbocycles. The monoisotopic (exact) mass is 723 g/mol. The lowest BCUT2D eigenvalue weighted by Crippen LogP contribution is -2.54. The van der Waals surface area contributed by atoms with E-state index in [0.29, 0.717) is 43.2 Å². The van der Waals surface area contributed by atoms with Crippen LogP contribution < -0.4 is 14.9 Å². The van der Waals surface area contributed by atoms with Crippen LogP contribution in [-0.4, -0.2) is 69.6 Å². The summed E-state index contributed by atoms with van der Waals surface area (Å²) >= 11 is 0. The Morgan fingerprint density at radius 2 is 1.64 bits per heavy atom. The van der Waals surface area contributed by atoms with Gasteiger partial charge in [0.05, 0.1) is 9.82 Å². The molecule has 11 nitrogen and oxygen atoms in total. The third-order valence-corrected chi connectivity index (χ3v) is 12.6. The number of nitrogens with zero attached hydrogens (tertiary/aromatic N) is 3. The van der Waals surface area contributed by atoms with Gasteiger partial charge in [-0.3, -0.25) is 19.8 Å². The van der Waals surface area contributed by atoms with Crippen LogP contribution in [0.15, 0.2) is 77.7 Å². The van der Waals surface area contributed by atoms with Crippen molar-refractivity contribution in [1.82, 2.24) is 9.62 Å². The van der Waals surface area contributed by atoms with Gasteiger partial charge in [0.25, 0.3) is 21.6 Å². The first-order valence-electron chi connectivity index (χ1n) is 17.5. The predicted octanol–water partition coefficient (Wildman–Crippen LogP) is 6.56. The fourth-order valence-corrected chi connectivity index (χ4v) is 9.32. The smallest absolute Gasteiger partial charge is 0.293 e. The van der Waals surface area contributed by atoms with Crippen LogP contribution in [0.25, 0.3) is 0 Å². The van der Waals surface area contributed by atoms with Gasteiger partial charge in [-0.15, -0.1) is 12.4 Å². The van der Waals surface area contributed by atoms with Gasteiger partial charge < -0.3 is 15.0 Å². The quantitative estimate of drug-likeness (QED) is 0.176. The van der Waals surface area contributed by atoms with E-state index in [9.17, 15) is 23.3 Å². The minimum absolute atomic E-state index is 0. The second-order valence-corrected chi connectivity index (χ2v) is 15.9. The summed E-state index contributed by atoms with van der Waals surface area (Å²) in [5.74, 6) is -0.470. The van der Waals surface area contributed by atoms with Crippen molar-refractivity contribution >= 4 is 45.4 Å². The SMILES string of the molecule is Cl.O=C(NS(=O)(=O)c1ccc(NCC2CCOCC2)c([N+](=O)[O-])c1)c1ccc(N2CCC3(CC2)CC(N2CCC[C@H]2c2ccccc2)C3)cc1. The summed E-state index contributed by atoms with van der Waals surface area (Å²) in [4.78, 5) is 28.9. The molecule has 50 heavy (non-hydrogen) atoms. The number of carbonyl (C=O) groups excluding carboxylic acids is 1. The van der Waals surface area contributed by atoms with E-state index in [2.05, 4.69) is 50.2 Å². The van der Waals surface area contributed by atoms with Crippen LogP contribution in [0.2, 0.25) is 0 Å². The summed E-state index contributed by atoms with van der Waals surface area (Å²) in [6.45, 7) is 4.93. The number of ether oxygens (including phenoxy) is 1. The number of hydrogen-bond donors (Lipinski definition) is 2. The lowest BCUT2D eigenvalue weighted by atomic mass is 9.60. The number of halogens is 1. The molecule has 3 saturated heterocycles. The Kier molecular flexibility index (Phi) is 11.0. The van der Waals surface area contributed by atoms with Crippen LogP contribution >= 0.6 is 12.4 Å². The molecule has 1 aliphatic carbocycles. The third-order valence-electron chi connectivity index (χ3n) is 11.2. The van der Waals surface area contributed by atoms with Gasteiger partial charge in [0, 0.05) is 62.2 Å². The fourth-order valence-electron chi connectivity index (χ4n) is 8.33. The zero-order valence-corrected chi connectivity index (χ0v) is 29.8. The van der Waals surface area contributed by atoms with E-state index in [4.69, 9.17) is 4.74 Å². The van der Waals surface area contributed by atoms with Gasteiger partial charge in [0.2, 0.25) is 0 Å². The van der Waals surface area contributed by atoms with Crippen molar-refractivity contribution in [3.8, 4) is 0 Å². The molecular weight excluding hydrogens is 678 g/mol. The summed E-state index contributed by atoms with van der Waals surface area (Å²) in [6, 6.07) is 22.8. The Morgan fingerprint density at radius 1 is 0.940 bits per heavy atom. The molecule has 3 heterocycles. The number of benzene rings is 3. The van der Waals surface area contributed by atoms with E-state index in [0.717, 1.165) is 50.5 Å². The number of nitro groups is 1. The number of carbonyl (C=O) groups is 1. The van der Waals surface area contributed by atoms with Crippen molar-refractivity contribution in [3.05, 3.63) is 94.0 Å². The predicted molar refractivity (Wildman–Crippen MR) is 195 cm³/mol. The average molecular weight is 724 g/mol. The molecule has 1 amide bonds. The maximum atomic E-state index is 13.1. The first-order chi connectivity index (χ1) is 23.7. The van der Waals surface area contributed by atoms with Gasteiger partial charge in [-0.2, -0.15) is 0 Å². The summed E-state index contributed by atoms with van der Waals surface area (Å²) in [5.41, 5.74) is 2.94. The van der Waals surface area contributed by atoms with E-state index in [1.165, 1.54) is 49.9 Å². The average Bonchev–Trinajstić information content (AvgIpc) is 3.60. The number of nitrogens with one attached hydrogen (secondary N) is 2. The second-order valence-electron chi connectivity index (χ2n) is 14.2. The van der Waals surface area contributed by atoms with Gasteiger partial charge in [0.15, 0.2) is 0 Å². The number of sulfonamides is 1. The topological polar surface area (TPSA) is 134 Å².